The summed E-state index contributed by atoms with van der Waals surface area (Å²) in [5.74, 6) is -0.589. The molecule has 1 aliphatic rings. The smallest absolute Gasteiger partial charge is 0.313 e. The number of carboxylic acid groups (broad SMARTS) is 1. The molecule has 1 aromatic rings. The number of aromatic hydroxyl groups is 1. The first-order chi connectivity index (χ1) is 7.94. The van der Waals surface area contributed by atoms with Crippen molar-refractivity contribution >= 4 is 11.5 Å². The van der Waals surface area contributed by atoms with Crippen LogP contribution in [0.2, 0.25) is 0 Å². The van der Waals surface area contributed by atoms with Gasteiger partial charge >= 0.3 is 5.97 Å². The third-order valence-electron chi connectivity index (χ3n) is 3.39. The van der Waals surface area contributed by atoms with Crippen LogP contribution < -0.4 is 0 Å². The van der Waals surface area contributed by atoms with Crippen molar-refractivity contribution in [3.63, 3.8) is 0 Å². The van der Waals surface area contributed by atoms with E-state index in [-0.39, 0.29) is 5.75 Å². The number of phenols is 1. The Morgan fingerprint density at radius 1 is 1.35 bits per heavy atom. The molecule has 17 heavy (non-hydrogen) atoms. The Balaban J connectivity index is 2.57. The van der Waals surface area contributed by atoms with E-state index in [1.54, 1.807) is 26.0 Å². The molecule has 0 aromatic heterocycles. The number of allylic oxidation sites excluding steroid dienone is 1. The summed E-state index contributed by atoms with van der Waals surface area (Å²) in [7, 11) is 0. The van der Waals surface area contributed by atoms with E-state index in [1.165, 1.54) is 0 Å². The van der Waals surface area contributed by atoms with Crippen LogP contribution in [-0.4, -0.2) is 16.2 Å². The normalized spacial score (nSPS) is 15.1. The zero-order valence-corrected chi connectivity index (χ0v) is 10.0. The zero-order valence-electron chi connectivity index (χ0n) is 10.0. The fourth-order valence-corrected chi connectivity index (χ4v) is 2.27. The highest BCUT2D eigenvalue weighted by molar-refractivity contribution is 5.92. The molecule has 0 aliphatic heterocycles. The van der Waals surface area contributed by atoms with Crippen molar-refractivity contribution in [2.75, 3.05) is 0 Å². The van der Waals surface area contributed by atoms with Crippen LogP contribution in [0, 0.1) is 5.41 Å². The van der Waals surface area contributed by atoms with Crippen LogP contribution in [0.25, 0.3) is 5.57 Å². The molecule has 0 atom stereocenters. The summed E-state index contributed by atoms with van der Waals surface area (Å²) in [6.45, 7) is 3.39. The van der Waals surface area contributed by atoms with Crippen LogP contribution >= 0.6 is 0 Å². The average molecular weight is 232 g/mol. The minimum atomic E-state index is -0.928. The Morgan fingerprint density at radius 2 is 2.06 bits per heavy atom. The molecule has 2 N–H and O–H groups in total. The molecular formula is C14H16O3. The van der Waals surface area contributed by atoms with Crippen molar-refractivity contribution in [1.29, 1.82) is 0 Å². The molecular weight excluding hydrogens is 216 g/mol. The molecule has 0 radical (unpaired) electrons. The summed E-state index contributed by atoms with van der Waals surface area (Å²) >= 11 is 0. The molecule has 3 heteroatoms. The number of fused-ring (bicyclic) bond motifs is 1. The van der Waals surface area contributed by atoms with E-state index in [9.17, 15) is 15.0 Å². The SMILES string of the molecule is CC(C)(C(=O)O)C1=CCCc2c(O)cccc21. The highest BCUT2D eigenvalue weighted by Crippen LogP contribution is 2.41. The van der Waals surface area contributed by atoms with Gasteiger partial charge in [-0.25, -0.2) is 0 Å². The van der Waals surface area contributed by atoms with Crippen LogP contribution in [0.3, 0.4) is 0 Å². The molecule has 0 unspecified atom stereocenters. The summed E-state index contributed by atoms with van der Waals surface area (Å²) in [5, 5.41) is 19.1. The van der Waals surface area contributed by atoms with Crippen molar-refractivity contribution in [2.45, 2.75) is 26.7 Å². The number of aliphatic carboxylic acids is 1. The number of carboxylic acids is 1. The number of benzene rings is 1. The monoisotopic (exact) mass is 232 g/mol. The molecule has 0 amide bonds. The maximum atomic E-state index is 11.3. The van der Waals surface area contributed by atoms with E-state index in [2.05, 4.69) is 0 Å². The minimum Gasteiger partial charge on any atom is -0.508 e. The number of hydrogen-bond acceptors (Lipinski definition) is 2. The first-order valence-electron chi connectivity index (χ1n) is 5.70. The average Bonchev–Trinajstić information content (AvgIpc) is 2.28. The van der Waals surface area contributed by atoms with Gasteiger partial charge in [-0.05, 0) is 43.9 Å². The van der Waals surface area contributed by atoms with Gasteiger partial charge in [0.25, 0.3) is 0 Å². The topological polar surface area (TPSA) is 57.5 Å². The lowest BCUT2D eigenvalue weighted by atomic mass is 9.75. The number of carbonyl (C=O) groups is 1. The predicted octanol–water partition coefficient (Wildman–Crippen LogP) is 2.83. The van der Waals surface area contributed by atoms with Gasteiger partial charge in [0.05, 0.1) is 5.41 Å². The van der Waals surface area contributed by atoms with Crippen LogP contribution in [0.1, 0.15) is 31.4 Å². The maximum Gasteiger partial charge on any atom is 0.313 e. The van der Waals surface area contributed by atoms with Gasteiger partial charge in [0.2, 0.25) is 0 Å². The fourth-order valence-electron chi connectivity index (χ4n) is 2.27. The second-order valence-electron chi connectivity index (χ2n) is 4.89. The number of hydrogen-bond donors (Lipinski definition) is 2. The summed E-state index contributed by atoms with van der Waals surface area (Å²) in [6.07, 6.45) is 3.51. The molecule has 0 saturated carbocycles. The Kier molecular flexibility index (Phi) is 2.69. The Morgan fingerprint density at radius 3 is 2.71 bits per heavy atom. The van der Waals surface area contributed by atoms with Crippen molar-refractivity contribution in [3.05, 3.63) is 35.4 Å². The molecule has 2 rings (SSSR count). The standard InChI is InChI=1S/C14H16O3/c1-14(2,13(16)17)11-7-3-6-10-9(11)5-4-8-12(10)15/h4-5,7-8,15H,3,6H2,1-2H3,(H,16,17). The lowest BCUT2D eigenvalue weighted by Gasteiger charge is -2.28. The number of phenolic OH excluding ortho intramolecular Hbond substituents is 1. The molecule has 0 fully saturated rings. The molecule has 1 aromatic carbocycles. The first kappa shape index (κ1) is 11.7. The third-order valence-corrected chi connectivity index (χ3v) is 3.39. The summed E-state index contributed by atoms with van der Waals surface area (Å²) in [4.78, 5) is 11.3. The lowest BCUT2D eigenvalue weighted by Crippen LogP contribution is -2.26. The van der Waals surface area contributed by atoms with Gasteiger partial charge in [-0.1, -0.05) is 18.2 Å². The second-order valence-corrected chi connectivity index (χ2v) is 4.89. The summed E-state index contributed by atoms with van der Waals surface area (Å²) in [6, 6.07) is 5.28. The second kappa shape index (κ2) is 3.91. The predicted molar refractivity (Wildman–Crippen MR) is 65.8 cm³/mol. The molecule has 90 valence electrons. The number of rotatable bonds is 2. The molecule has 0 bridgehead atoms. The van der Waals surface area contributed by atoms with Crippen LogP contribution in [-0.2, 0) is 11.2 Å². The first-order valence-corrected chi connectivity index (χ1v) is 5.70. The van der Waals surface area contributed by atoms with Gasteiger partial charge < -0.3 is 10.2 Å². The van der Waals surface area contributed by atoms with E-state index >= 15 is 0 Å². The minimum absolute atomic E-state index is 0.259. The van der Waals surface area contributed by atoms with E-state index in [0.29, 0.717) is 0 Å². The van der Waals surface area contributed by atoms with Gasteiger partial charge in [-0.2, -0.15) is 0 Å². The third kappa shape index (κ3) is 1.82. The van der Waals surface area contributed by atoms with Crippen LogP contribution in [0.4, 0.5) is 0 Å². The maximum absolute atomic E-state index is 11.3. The largest absolute Gasteiger partial charge is 0.508 e. The van der Waals surface area contributed by atoms with Gasteiger partial charge in [-0.3, -0.25) is 4.79 Å². The van der Waals surface area contributed by atoms with Gasteiger partial charge in [-0.15, -0.1) is 0 Å². The van der Waals surface area contributed by atoms with Gasteiger partial charge in [0.1, 0.15) is 5.75 Å². The molecule has 0 heterocycles. The molecule has 0 saturated heterocycles. The summed E-state index contributed by atoms with van der Waals surface area (Å²) in [5.41, 5.74) is 1.59. The Hall–Kier alpha value is -1.77. The van der Waals surface area contributed by atoms with E-state index in [0.717, 1.165) is 29.5 Å². The van der Waals surface area contributed by atoms with Gasteiger partial charge in [0, 0.05) is 5.56 Å². The van der Waals surface area contributed by atoms with E-state index in [1.807, 2.05) is 12.1 Å². The zero-order chi connectivity index (χ0) is 12.6. The van der Waals surface area contributed by atoms with E-state index in [4.69, 9.17) is 0 Å². The highest BCUT2D eigenvalue weighted by atomic mass is 16.4. The molecule has 0 spiro atoms. The molecule has 1 aliphatic carbocycles. The van der Waals surface area contributed by atoms with Crippen molar-refractivity contribution in [1.82, 2.24) is 0 Å². The fraction of sp³-hybridized carbons (Fsp3) is 0.357. The highest BCUT2D eigenvalue weighted by Gasteiger charge is 2.34. The Bertz CT molecular complexity index is 498. The molecule has 3 nitrogen and oxygen atoms in total. The van der Waals surface area contributed by atoms with Crippen molar-refractivity contribution in [2.24, 2.45) is 5.41 Å². The Labute approximate surface area is 100 Å². The van der Waals surface area contributed by atoms with Gasteiger partial charge in [0.15, 0.2) is 0 Å². The van der Waals surface area contributed by atoms with Crippen LogP contribution in [0.15, 0.2) is 24.3 Å². The van der Waals surface area contributed by atoms with E-state index < -0.39 is 11.4 Å². The van der Waals surface area contributed by atoms with Crippen molar-refractivity contribution < 1.29 is 15.0 Å². The van der Waals surface area contributed by atoms with Crippen LogP contribution in [0.5, 0.6) is 5.75 Å². The summed E-state index contributed by atoms with van der Waals surface area (Å²) < 4.78 is 0. The van der Waals surface area contributed by atoms with Crippen molar-refractivity contribution in [3.8, 4) is 5.75 Å². The lowest BCUT2D eigenvalue weighted by molar-refractivity contribution is -0.143. The quantitative estimate of drug-likeness (QED) is 0.824.